The maximum Gasteiger partial charge on any atom is 0.355 e. The van der Waals surface area contributed by atoms with Crippen LogP contribution in [0, 0.1) is 20.8 Å². The zero-order valence-electron chi connectivity index (χ0n) is 23.8. The van der Waals surface area contributed by atoms with Crippen molar-refractivity contribution in [3.05, 3.63) is 94.5 Å². The number of carbonyl (C=O) groups is 3. The Bertz CT molecular complexity index is 1560. The third-order valence-corrected chi connectivity index (χ3v) is 9.12. The van der Waals surface area contributed by atoms with Gasteiger partial charge in [0.05, 0.1) is 18.6 Å². The Morgan fingerprint density at radius 2 is 1.86 bits per heavy atom. The van der Waals surface area contributed by atoms with E-state index in [4.69, 9.17) is 14.0 Å². The van der Waals surface area contributed by atoms with Crippen molar-refractivity contribution < 1.29 is 28.4 Å². The first-order valence-corrected chi connectivity index (χ1v) is 15.3. The number of aromatic nitrogens is 1. The quantitative estimate of drug-likeness (QED) is 0.198. The van der Waals surface area contributed by atoms with E-state index in [0.717, 1.165) is 21.6 Å². The van der Waals surface area contributed by atoms with Gasteiger partial charge in [-0.1, -0.05) is 29.9 Å². The summed E-state index contributed by atoms with van der Waals surface area (Å²) in [5.74, 6) is 0.334. The zero-order chi connectivity index (χ0) is 30.0. The molecule has 2 amide bonds. The summed E-state index contributed by atoms with van der Waals surface area (Å²) in [5, 5.41) is 6.34. The average molecular weight is 606 g/mol. The van der Waals surface area contributed by atoms with Crippen molar-refractivity contribution in [1.29, 1.82) is 0 Å². The minimum Gasteiger partial charge on any atom is -0.497 e. The second-order valence-corrected chi connectivity index (χ2v) is 12.3. The smallest absolute Gasteiger partial charge is 0.355 e. The van der Waals surface area contributed by atoms with Crippen molar-refractivity contribution in [3.8, 4) is 5.75 Å². The molecule has 218 valence electrons. The molecular weight excluding hydrogens is 574 g/mol. The van der Waals surface area contributed by atoms with Gasteiger partial charge in [0.1, 0.15) is 29.5 Å². The highest BCUT2D eigenvalue weighted by Crippen LogP contribution is 2.44. The van der Waals surface area contributed by atoms with Crippen LogP contribution in [0.15, 0.2) is 75.8 Å². The second kappa shape index (κ2) is 12.5. The van der Waals surface area contributed by atoms with Crippen LogP contribution in [-0.2, 0) is 25.7 Å². The highest BCUT2D eigenvalue weighted by atomic mass is 32.2. The van der Waals surface area contributed by atoms with Gasteiger partial charge in [-0.2, -0.15) is 0 Å². The Balaban J connectivity index is 1.32. The highest BCUT2D eigenvalue weighted by Gasteiger charge is 2.54. The minimum atomic E-state index is -0.755. The molecule has 5 rings (SSSR count). The lowest BCUT2D eigenvalue weighted by Gasteiger charge is -2.49. The first kappa shape index (κ1) is 29.5. The summed E-state index contributed by atoms with van der Waals surface area (Å²) in [6.45, 7) is 9.95. The predicted octanol–water partition coefficient (Wildman–Crippen LogP) is 4.81. The van der Waals surface area contributed by atoms with E-state index < -0.39 is 17.4 Å². The monoisotopic (exact) mass is 605 g/mol. The fourth-order valence-corrected chi connectivity index (χ4v) is 7.12. The van der Waals surface area contributed by atoms with Crippen LogP contribution in [-0.4, -0.2) is 57.9 Å². The number of amides is 2. The molecule has 1 aromatic heterocycles. The normalized spacial score (nSPS) is 17.8. The number of ether oxygens (including phenoxy) is 2. The Kier molecular flexibility index (Phi) is 8.79. The molecule has 2 aromatic carbocycles. The Morgan fingerprint density at radius 3 is 2.50 bits per heavy atom. The molecule has 1 saturated heterocycles. The van der Waals surface area contributed by atoms with Crippen molar-refractivity contribution in [1.82, 2.24) is 15.4 Å². The molecule has 0 radical (unpaired) electrons. The number of hydrogen-bond acceptors (Lipinski definition) is 9. The van der Waals surface area contributed by atoms with Gasteiger partial charge in [0.25, 0.3) is 5.91 Å². The first-order valence-electron chi connectivity index (χ1n) is 13.3. The van der Waals surface area contributed by atoms with E-state index in [1.807, 2.05) is 26.0 Å². The summed E-state index contributed by atoms with van der Waals surface area (Å²) in [4.78, 5) is 42.2. The van der Waals surface area contributed by atoms with Crippen LogP contribution in [0.1, 0.15) is 28.1 Å². The van der Waals surface area contributed by atoms with E-state index in [2.05, 4.69) is 23.1 Å². The van der Waals surface area contributed by atoms with Crippen LogP contribution in [0.5, 0.6) is 5.75 Å². The number of nitrogens with one attached hydrogen (secondary N) is 1. The Labute approximate surface area is 252 Å². The standard InChI is InChI=1S/C31H31N3O6S2/c1-17-10-18(2)12-23(11-17)41-16-26(35)32-27-29(36)34-28(31(37)39-14-21-6-8-22(38-5)9-7-21)24(15-42-30(27)34)20(4)25-13-19(3)33-40-25/h6-13,27,30H,4,14-16H2,1-3,5H3,(H,32,35)/t27-,30-/m1/s1. The number of thioether (sulfide) groups is 2. The molecule has 1 N–H and O–H groups in total. The summed E-state index contributed by atoms with van der Waals surface area (Å²) < 4.78 is 16.3. The molecule has 1 fully saturated rings. The van der Waals surface area contributed by atoms with Crippen LogP contribution < -0.4 is 10.1 Å². The maximum absolute atomic E-state index is 13.5. The lowest BCUT2D eigenvalue weighted by atomic mass is 9.98. The van der Waals surface area contributed by atoms with Gasteiger partial charge >= 0.3 is 5.97 Å². The first-order chi connectivity index (χ1) is 20.1. The number of allylic oxidation sites excluding steroid dienone is 1. The van der Waals surface area contributed by atoms with E-state index >= 15 is 0 Å². The number of carbonyl (C=O) groups excluding carboxylic acids is 3. The van der Waals surface area contributed by atoms with E-state index in [9.17, 15) is 14.4 Å². The van der Waals surface area contributed by atoms with Crippen LogP contribution in [0.2, 0.25) is 0 Å². The number of aryl methyl sites for hydroxylation is 3. The van der Waals surface area contributed by atoms with Crippen LogP contribution >= 0.6 is 23.5 Å². The zero-order valence-corrected chi connectivity index (χ0v) is 25.4. The van der Waals surface area contributed by atoms with Crippen LogP contribution in [0.3, 0.4) is 0 Å². The molecule has 3 aromatic rings. The predicted molar refractivity (Wildman–Crippen MR) is 162 cm³/mol. The third kappa shape index (κ3) is 6.27. The molecule has 9 nitrogen and oxygen atoms in total. The fraction of sp³-hybridized carbons (Fsp3) is 0.290. The molecule has 2 aliphatic heterocycles. The minimum absolute atomic E-state index is 0.00314. The number of rotatable bonds is 10. The van der Waals surface area contributed by atoms with Crippen molar-refractivity contribution in [3.63, 3.8) is 0 Å². The van der Waals surface area contributed by atoms with E-state index in [0.29, 0.717) is 34.1 Å². The number of hydrogen-bond donors (Lipinski definition) is 1. The molecule has 0 spiro atoms. The summed E-state index contributed by atoms with van der Waals surface area (Å²) in [6.07, 6.45) is 0. The molecule has 42 heavy (non-hydrogen) atoms. The Hall–Kier alpha value is -3.96. The number of nitrogens with zero attached hydrogens (tertiary/aromatic N) is 2. The van der Waals surface area contributed by atoms with Gasteiger partial charge < -0.3 is 19.3 Å². The molecule has 0 aliphatic carbocycles. The topological polar surface area (TPSA) is 111 Å². The number of esters is 1. The second-order valence-electron chi connectivity index (χ2n) is 10.1. The third-order valence-electron chi connectivity index (χ3n) is 6.86. The average Bonchev–Trinajstić information content (AvgIpc) is 3.42. The van der Waals surface area contributed by atoms with E-state index in [-0.39, 0.29) is 29.9 Å². The molecule has 11 heteroatoms. The van der Waals surface area contributed by atoms with Crippen molar-refractivity contribution >= 4 is 46.9 Å². The van der Waals surface area contributed by atoms with Gasteiger partial charge in [0.15, 0.2) is 5.76 Å². The SMILES string of the molecule is C=C(C1=C(C(=O)OCc2ccc(OC)cc2)N2C(=O)[C@@H](NC(=O)CSc3cc(C)cc(C)c3)[C@H]2SC1)c1cc(C)no1. The molecule has 0 saturated carbocycles. The summed E-state index contributed by atoms with van der Waals surface area (Å²) >= 11 is 2.86. The Morgan fingerprint density at radius 1 is 1.14 bits per heavy atom. The van der Waals surface area contributed by atoms with E-state index in [1.54, 1.807) is 44.4 Å². The number of fused-ring (bicyclic) bond motifs is 1. The van der Waals surface area contributed by atoms with Gasteiger partial charge in [0.2, 0.25) is 5.91 Å². The molecule has 0 bridgehead atoms. The van der Waals surface area contributed by atoms with Gasteiger partial charge in [-0.25, -0.2) is 4.79 Å². The summed E-state index contributed by atoms with van der Waals surface area (Å²) in [6, 6.07) is 14.2. The van der Waals surface area contributed by atoms with E-state index in [1.165, 1.54) is 28.4 Å². The van der Waals surface area contributed by atoms with Crippen LogP contribution in [0.4, 0.5) is 0 Å². The fourth-order valence-electron chi connectivity index (χ4n) is 4.81. The molecular formula is C31H31N3O6S2. The van der Waals surface area contributed by atoms with Gasteiger partial charge in [0, 0.05) is 27.9 Å². The molecule has 0 unspecified atom stereocenters. The molecule has 2 atom stereocenters. The number of methoxy groups -OCH3 is 1. The van der Waals surface area contributed by atoms with Crippen molar-refractivity contribution in [2.75, 3.05) is 18.6 Å². The van der Waals surface area contributed by atoms with Crippen LogP contribution in [0.25, 0.3) is 5.57 Å². The van der Waals surface area contributed by atoms with Gasteiger partial charge in [-0.05, 0) is 61.7 Å². The summed E-state index contributed by atoms with van der Waals surface area (Å²) in [5.41, 5.74) is 4.75. The van der Waals surface area contributed by atoms with Gasteiger partial charge in [-0.3, -0.25) is 14.5 Å². The maximum atomic E-state index is 13.5. The van der Waals surface area contributed by atoms with Crippen molar-refractivity contribution in [2.24, 2.45) is 0 Å². The van der Waals surface area contributed by atoms with Gasteiger partial charge in [-0.15, -0.1) is 23.5 Å². The largest absolute Gasteiger partial charge is 0.497 e. The summed E-state index contributed by atoms with van der Waals surface area (Å²) in [7, 11) is 1.58. The highest BCUT2D eigenvalue weighted by molar-refractivity contribution is 8.00. The number of benzene rings is 2. The lowest BCUT2D eigenvalue weighted by Crippen LogP contribution is -2.70. The molecule has 3 heterocycles. The van der Waals surface area contributed by atoms with Crippen molar-refractivity contribution in [2.45, 2.75) is 43.7 Å². The lowest BCUT2D eigenvalue weighted by molar-refractivity contribution is -0.153. The number of β-lactam (4-membered cyclic amide) rings is 1. The molecule has 2 aliphatic rings.